The van der Waals surface area contributed by atoms with Gasteiger partial charge in [-0.05, 0) is 42.4 Å². The lowest BCUT2D eigenvalue weighted by Crippen LogP contribution is -2.10. The van der Waals surface area contributed by atoms with Gasteiger partial charge in [0.2, 0.25) is 0 Å². The van der Waals surface area contributed by atoms with Crippen LogP contribution in [0.4, 0.5) is 0 Å². The molecule has 1 rings (SSSR count). The normalized spacial score (nSPS) is 12.5. The van der Waals surface area contributed by atoms with E-state index in [4.69, 9.17) is 10.5 Å². The number of nitrogens with two attached hydrogens (primary N) is 1. The van der Waals surface area contributed by atoms with Crippen LogP contribution in [0.5, 0.6) is 5.75 Å². The van der Waals surface area contributed by atoms with Crippen molar-refractivity contribution in [1.82, 2.24) is 0 Å². The molecule has 106 valence electrons. The third-order valence-electron chi connectivity index (χ3n) is 3.27. The molecule has 0 aliphatic carbocycles. The zero-order valence-corrected chi connectivity index (χ0v) is 12.5. The highest BCUT2D eigenvalue weighted by Crippen LogP contribution is 2.25. The fourth-order valence-corrected chi connectivity index (χ4v) is 1.93. The number of rotatable bonds is 8. The Morgan fingerprint density at radius 3 is 2.68 bits per heavy atom. The summed E-state index contributed by atoms with van der Waals surface area (Å²) in [5.41, 5.74) is 8.44. The lowest BCUT2D eigenvalue weighted by atomic mass is 10.0. The smallest absolute Gasteiger partial charge is 0.122 e. The Balaban J connectivity index is 2.81. The quantitative estimate of drug-likeness (QED) is 0.710. The molecular formula is C17H27NO. The van der Waals surface area contributed by atoms with E-state index in [1.807, 2.05) is 12.1 Å². The van der Waals surface area contributed by atoms with Crippen molar-refractivity contribution in [2.45, 2.75) is 46.1 Å². The maximum absolute atomic E-state index is 6.08. The van der Waals surface area contributed by atoms with Crippen LogP contribution in [0.25, 0.3) is 0 Å². The van der Waals surface area contributed by atoms with Crippen LogP contribution in [0.2, 0.25) is 0 Å². The minimum absolute atomic E-state index is 0.105. The molecule has 0 saturated heterocycles. The Labute approximate surface area is 117 Å². The van der Waals surface area contributed by atoms with Crippen LogP contribution in [0.1, 0.15) is 50.8 Å². The minimum atomic E-state index is 0.105. The van der Waals surface area contributed by atoms with Crippen LogP contribution in [-0.4, -0.2) is 6.61 Å². The van der Waals surface area contributed by atoms with E-state index < -0.39 is 0 Å². The molecule has 19 heavy (non-hydrogen) atoms. The van der Waals surface area contributed by atoms with Crippen molar-refractivity contribution < 1.29 is 4.74 Å². The van der Waals surface area contributed by atoms with Crippen molar-refractivity contribution >= 4 is 0 Å². The van der Waals surface area contributed by atoms with E-state index in [-0.39, 0.29) is 6.04 Å². The maximum atomic E-state index is 6.08. The Morgan fingerprint density at radius 2 is 2.11 bits per heavy atom. The molecule has 2 N–H and O–H groups in total. The SMILES string of the molecule is C=CCc1cc(C(N)CC)ccc1OCCC(C)C. The summed E-state index contributed by atoms with van der Waals surface area (Å²) in [7, 11) is 0. The number of allylic oxidation sites excluding steroid dienone is 1. The van der Waals surface area contributed by atoms with Crippen LogP contribution in [-0.2, 0) is 6.42 Å². The summed E-state index contributed by atoms with van der Waals surface area (Å²) in [5.74, 6) is 1.63. The van der Waals surface area contributed by atoms with Crippen molar-refractivity contribution in [3.63, 3.8) is 0 Å². The van der Waals surface area contributed by atoms with E-state index in [2.05, 4.69) is 39.5 Å². The Hall–Kier alpha value is -1.28. The minimum Gasteiger partial charge on any atom is -0.493 e. The highest BCUT2D eigenvalue weighted by molar-refractivity contribution is 5.39. The first-order chi connectivity index (χ1) is 9.08. The Bertz CT molecular complexity index is 398. The van der Waals surface area contributed by atoms with Crippen LogP contribution in [0.15, 0.2) is 30.9 Å². The molecule has 2 nitrogen and oxygen atoms in total. The van der Waals surface area contributed by atoms with Gasteiger partial charge in [0.1, 0.15) is 5.75 Å². The number of hydrogen-bond donors (Lipinski definition) is 1. The van der Waals surface area contributed by atoms with Gasteiger partial charge in [0.05, 0.1) is 6.61 Å². The van der Waals surface area contributed by atoms with Crippen LogP contribution in [0, 0.1) is 5.92 Å². The number of hydrogen-bond acceptors (Lipinski definition) is 2. The first-order valence-corrected chi connectivity index (χ1v) is 7.20. The fourth-order valence-electron chi connectivity index (χ4n) is 1.93. The molecule has 0 amide bonds. The van der Waals surface area contributed by atoms with E-state index in [0.717, 1.165) is 31.6 Å². The van der Waals surface area contributed by atoms with Crippen LogP contribution in [0.3, 0.4) is 0 Å². The largest absolute Gasteiger partial charge is 0.493 e. The molecule has 1 atom stereocenters. The van der Waals surface area contributed by atoms with Crippen molar-refractivity contribution in [1.29, 1.82) is 0 Å². The summed E-state index contributed by atoms with van der Waals surface area (Å²) in [4.78, 5) is 0. The van der Waals surface area contributed by atoms with Gasteiger partial charge in [-0.25, -0.2) is 0 Å². The second kappa shape index (κ2) is 8.00. The van der Waals surface area contributed by atoms with Gasteiger partial charge >= 0.3 is 0 Å². The van der Waals surface area contributed by atoms with E-state index in [9.17, 15) is 0 Å². The highest BCUT2D eigenvalue weighted by atomic mass is 16.5. The Morgan fingerprint density at radius 1 is 1.37 bits per heavy atom. The van der Waals surface area contributed by atoms with Crippen molar-refractivity contribution in [3.05, 3.63) is 42.0 Å². The average Bonchev–Trinajstić information content (AvgIpc) is 2.39. The molecule has 0 heterocycles. The Kier molecular flexibility index (Phi) is 6.65. The topological polar surface area (TPSA) is 35.2 Å². The van der Waals surface area contributed by atoms with Gasteiger partial charge in [-0.1, -0.05) is 39.0 Å². The monoisotopic (exact) mass is 261 g/mol. The molecule has 0 bridgehead atoms. The van der Waals surface area contributed by atoms with Crippen molar-refractivity contribution in [2.24, 2.45) is 11.7 Å². The summed E-state index contributed by atoms with van der Waals surface area (Å²) in [5, 5.41) is 0. The van der Waals surface area contributed by atoms with Crippen LogP contribution >= 0.6 is 0 Å². The summed E-state index contributed by atoms with van der Waals surface area (Å²) in [6.07, 6.45) is 4.75. The molecule has 2 heteroatoms. The van der Waals surface area contributed by atoms with Gasteiger partial charge in [-0.3, -0.25) is 0 Å². The van der Waals surface area contributed by atoms with E-state index >= 15 is 0 Å². The predicted molar refractivity (Wildman–Crippen MR) is 82.5 cm³/mol. The standard InChI is InChI=1S/C17H27NO/c1-5-7-15-12-14(16(18)6-2)8-9-17(15)19-11-10-13(3)4/h5,8-9,12-13,16H,1,6-7,10-11,18H2,2-4H3. The second-order valence-electron chi connectivity index (χ2n) is 5.41. The first kappa shape index (κ1) is 15.8. The third kappa shape index (κ3) is 5.07. The third-order valence-corrected chi connectivity index (χ3v) is 3.27. The molecule has 1 unspecified atom stereocenters. The molecule has 1 aromatic rings. The zero-order valence-electron chi connectivity index (χ0n) is 12.5. The molecule has 0 spiro atoms. The van der Waals surface area contributed by atoms with Gasteiger partial charge in [0.15, 0.2) is 0 Å². The highest BCUT2D eigenvalue weighted by Gasteiger charge is 2.08. The van der Waals surface area contributed by atoms with Crippen molar-refractivity contribution in [2.75, 3.05) is 6.61 Å². The molecule has 0 saturated carbocycles. The van der Waals surface area contributed by atoms with E-state index in [0.29, 0.717) is 5.92 Å². The van der Waals surface area contributed by atoms with Gasteiger partial charge in [-0.2, -0.15) is 0 Å². The van der Waals surface area contributed by atoms with Gasteiger partial charge in [0.25, 0.3) is 0 Å². The molecule has 0 aliphatic rings. The zero-order chi connectivity index (χ0) is 14.3. The summed E-state index contributed by atoms with van der Waals surface area (Å²) >= 11 is 0. The predicted octanol–water partition coefficient (Wildman–Crippen LogP) is 4.25. The maximum Gasteiger partial charge on any atom is 0.122 e. The number of ether oxygens (including phenoxy) is 1. The van der Waals surface area contributed by atoms with Gasteiger partial charge in [0, 0.05) is 6.04 Å². The van der Waals surface area contributed by atoms with E-state index in [1.54, 1.807) is 0 Å². The summed E-state index contributed by atoms with van der Waals surface area (Å²) in [6.45, 7) is 11.1. The van der Waals surface area contributed by atoms with Gasteiger partial charge in [-0.15, -0.1) is 6.58 Å². The molecular weight excluding hydrogens is 234 g/mol. The molecule has 0 fully saturated rings. The average molecular weight is 261 g/mol. The second-order valence-corrected chi connectivity index (χ2v) is 5.41. The first-order valence-electron chi connectivity index (χ1n) is 7.20. The van der Waals surface area contributed by atoms with Crippen LogP contribution < -0.4 is 10.5 Å². The fraction of sp³-hybridized carbons (Fsp3) is 0.529. The molecule has 0 aliphatic heterocycles. The summed E-state index contributed by atoms with van der Waals surface area (Å²) < 4.78 is 5.88. The molecule has 0 radical (unpaired) electrons. The van der Waals surface area contributed by atoms with E-state index in [1.165, 1.54) is 11.1 Å². The lowest BCUT2D eigenvalue weighted by molar-refractivity contribution is 0.287. The number of benzene rings is 1. The summed E-state index contributed by atoms with van der Waals surface area (Å²) in [6, 6.07) is 6.38. The van der Waals surface area contributed by atoms with Gasteiger partial charge < -0.3 is 10.5 Å². The van der Waals surface area contributed by atoms with Crippen molar-refractivity contribution in [3.8, 4) is 5.75 Å². The lowest BCUT2D eigenvalue weighted by Gasteiger charge is -2.15. The molecule has 0 aromatic heterocycles. The molecule has 1 aromatic carbocycles.